The highest BCUT2D eigenvalue weighted by Gasteiger charge is 2.39. The Balaban J connectivity index is 1.51. The summed E-state index contributed by atoms with van der Waals surface area (Å²) in [4.78, 5) is 2.74. The van der Waals surface area contributed by atoms with E-state index in [1.165, 1.54) is 64.6 Å². The zero-order chi connectivity index (χ0) is 10.1. The maximum atomic E-state index is 3.76. The van der Waals surface area contributed by atoms with E-state index in [4.69, 9.17) is 0 Å². The molecule has 0 radical (unpaired) electrons. The molecule has 2 nitrogen and oxygen atoms in total. The summed E-state index contributed by atoms with van der Waals surface area (Å²) in [5.41, 5.74) is 0. The van der Waals surface area contributed by atoms with Crippen LogP contribution in [-0.2, 0) is 0 Å². The summed E-state index contributed by atoms with van der Waals surface area (Å²) in [5.74, 6) is 0.974. The largest absolute Gasteiger partial charge is 0.311 e. The van der Waals surface area contributed by atoms with Crippen molar-refractivity contribution in [3.63, 3.8) is 0 Å². The lowest BCUT2D eigenvalue weighted by Crippen LogP contribution is -2.35. The number of hydrogen-bond donors (Lipinski definition) is 1. The highest BCUT2D eigenvalue weighted by atomic mass is 15.1. The van der Waals surface area contributed by atoms with E-state index in [-0.39, 0.29) is 0 Å². The minimum absolute atomic E-state index is 0.873. The van der Waals surface area contributed by atoms with Crippen LogP contribution in [0.2, 0.25) is 0 Å². The molecule has 0 aromatic carbocycles. The molecule has 0 amide bonds. The van der Waals surface area contributed by atoms with Crippen LogP contribution < -0.4 is 5.32 Å². The first-order valence-electron chi connectivity index (χ1n) is 6.90. The highest BCUT2D eigenvalue weighted by Crippen LogP contribution is 2.33. The van der Waals surface area contributed by atoms with Crippen molar-refractivity contribution < 1.29 is 0 Å². The van der Waals surface area contributed by atoms with Gasteiger partial charge in [-0.1, -0.05) is 12.8 Å². The number of fused-ring (bicyclic) bond motifs is 2. The van der Waals surface area contributed by atoms with Crippen molar-refractivity contribution in [2.45, 2.75) is 57.0 Å². The van der Waals surface area contributed by atoms with Crippen LogP contribution in [0.1, 0.15) is 44.9 Å². The fourth-order valence-corrected chi connectivity index (χ4v) is 3.79. The van der Waals surface area contributed by atoms with E-state index in [1.807, 2.05) is 0 Å². The van der Waals surface area contributed by atoms with Crippen molar-refractivity contribution in [2.24, 2.45) is 5.92 Å². The van der Waals surface area contributed by atoms with E-state index < -0.39 is 0 Å². The van der Waals surface area contributed by atoms with Gasteiger partial charge in [0.25, 0.3) is 0 Å². The molecular weight excluding hydrogens is 184 g/mol. The fourth-order valence-electron chi connectivity index (χ4n) is 3.79. The molecule has 3 heterocycles. The lowest BCUT2D eigenvalue weighted by atomic mass is 9.89. The molecule has 0 spiro atoms. The second-order valence-electron chi connectivity index (χ2n) is 5.76. The van der Waals surface area contributed by atoms with Gasteiger partial charge in [-0.25, -0.2) is 0 Å². The quantitative estimate of drug-likeness (QED) is 0.747. The van der Waals surface area contributed by atoms with Crippen LogP contribution in [0.3, 0.4) is 0 Å². The SMILES string of the molecule is C1CCCN(CC2CC3CCC2N3)CC1. The smallest absolute Gasteiger partial charge is 0.0111 e. The Bertz CT molecular complexity index is 209. The van der Waals surface area contributed by atoms with Crippen molar-refractivity contribution >= 4 is 0 Å². The summed E-state index contributed by atoms with van der Waals surface area (Å²) in [7, 11) is 0. The Morgan fingerprint density at radius 1 is 1.00 bits per heavy atom. The monoisotopic (exact) mass is 208 g/mol. The van der Waals surface area contributed by atoms with Gasteiger partial charge in [-0.3, -0.25) is 0 Å². The molecule has 3 saturated heterocycles. The van der Waals surface area contributed by atoms with E-state index >= 15 is 0 Å². The van der Waals surface area contributed by atoms with Crippen molar-refractivity contribution in [1.29, 1.82) is 0 Å². The first-order chi connectivity index (χ1) is 7.42. The van der Waals surface area contributed by atoms with Gasteiger partial charge >= 0.3 is 0 Å². The van der Waals surface area contributed by atoms with Crippen molar-refractivity contribution in [1.82, 2.24) is 10.2 Å². The molecule has 3 unspecified atom stereocenters. The predicted molar refractivity (Wildman–Crippen MR) is 63.0 cm³/mol. The second-order valence-corrected chi connectivity index (χ2v) is 5.76. The van der Waals surface area contributed by atoms with Gasteiger partial charge in [-0.15, -0.1) is 0 Å². The van der Waals surface area contributed by atoms with Gasteiger partial charge < -0.3 is 10.2 Å². The van der Waals surface area contributed by atoms with Crippen LogP contribution in [0.15, 0.2) is 0 Å². The standard InChI is InChI=1S/C13H24N2/c1-2-4-8-15(7-3-1)10-11-9-12-5-6-13(11)14-12/h11-14H,1-10H2. The fraction of sp³-hybridized carbons (Fsp3) is 1.00. The average Bonchev–Trinajstić information content (AvgIpc) is 2.75. The summed E-state index contributed by atoms with van der Waals surface area (Å²) >= 11 is 0. The Morgan fingerprint density at radius 2 is 1.80 bits per heavy atom. The van der Waals surface area contributed by atoms with Crippen LogP contribution in [-0.4, -0.2) is 36.6 Å². The summed E-state index contributed by atoms with van der Waals surface area (Å²) in [6.45, 7) is 4.12. The van der Waals surface area contributed by atoms with Gasteiger partial charge in [0.15, 0.2) is 0 Å². The average molecular weight is 208 g/mol. The van der Waals surface area contributed by atoms with E-state index in [0.717, 1.165) is 18.0 Å². The summed E-state index contributed by atoms with van der Waals surface area (Å²) < 4.78 is 0. The van der Waals surface area contributed by atoms with E-state index in [0.29, 0.717) is 0 Å². The zero-order valence-electron chi connectivity index (χ0n) is 9.75. The van der Waals surface area contributed by atoms with Crippen molar-refractivity contribution in [3.8, 4) is 0 Å². The third-order valence-corrected chi connectivity index (χ3v) is 4.62. The molecule has 3 aliphatic rings. The molecule has 0 aromatic heterocycles. The molecule has 0 aliphatic carbocycles. The Kier molecular flexibility index (Phi) is 2.98. The molecular formula is C13H24N2. The second kappa shape index (κ2) is 4.42. The lowest BCUT2D eigenvalue weighted by molar-refractivity contribution is 0.218. The highest BCUT2D eigenvalue weighted by molar-refractivity contribution is 4.98. The number of nitrogens with zero attached hydrogens (tertiary/aromatic N) is 1. The van der Waals surface area contributed by atoms with E-state index in [1.54, 1.807) is 0 Å². The first kappa shape index (κ1) is 10.1. The van der Waals surface area contributed by atoms with E-state index in [2.05, 4.69) is 10.2 Å². The van der Waals surface area contributed by atoms with Crippen molar-refractivity contribution in [2.75, 3.05) is 19.6 Å². The predicted octanol–water partition coefficient (Wildman–Crippen LogP) is 2.00. The zero-order valence-corrected chi connectivity index (χ0v) is 9.75. The molecule has 3 fully saturated rings. The van der Waals surface area contributed by atoms with Crippen LogP contribution in [0.4, 0.5) is 0 Å². The molecule has 3 atom stereocenters. The number of nitrogens with one attached hydrogen (secondary N) is 1. The lowest BCUT2D eigenvalue weighted by Gasteiger charge is -2.28. The van der Waals surface area contributed by atoms with E-state index in [9.17, 15) is 0 Å². The van der Waals surface area contributed by atoms with Gasteiger partial charge in [0, 0.05) is 18.6 Å². The Morgan fingerprint density at radius 3 is 2.40 bits per heavy atom. The maximum absolute atomic E-state index is 3.76. The normalized spacial score (nSPS) is 42.0. The molecule has 3 aliphatic heterocycles. The number of hydrogen-bond acceptors (Lipinski definition) is 2. The summed E-state index contributed by atoms with van der Waals surface area (Å²) in [6.07, 6.45) is 10.2. The van der Waals surface area contributed by atoms with Gasteiger partial charge in [-0.05, 0) is 51.1 Å². The number of likely N-dealkylation sites (tertiary alicyclic amines) is 1. The van der Waals surface area contributed by atoms with Crippen molar-refractivity contribution in [3.05, 3.63) is 0 Å². The third kappa shape index (κ3) is 2.21. The maximum Gasteiger partial charge on any atom is 0.0111 e. The first-order valence-corrected chi connectivity index (χ1v) is 6.90. The Labute approximate surface area is 93.4 Å². The number of rotatable bonds is 2. The van der Waals surface area contributed by atoms with Gasteiger partial charge in [-0.2, -0.15) is 0 Å². The van der Waals surface area contributed by atoms with Crippen LogP contribution in [0.5, 0.6) is 0 Å². The minimum Gasteiger partial charge on any atom is -0.311 e. The van der Waals surface area contributed by atoms with Gasteiger partial charge in [0.2, 0.25) is 0 Å². The third-order valence-electron chi connectivity index (χ3n) is 4.62. The molecule has 15 heavy (non-hydrogen) atoms. The molecule has 0 saturated carbocycles. The molecule has 86 valence electrons. The summed E-state index contributed by atoms with van der Waals surface area (Å²) in [6, 6.07) is 1.75. The molecule has 0 aromatic rings. The minimum atomic E-state index is 0.873. The van der Waals surface area contributed by atoms with Crippen LogP contribution >= 0.6 is 0 Å². The molecule has 2 bridgehead atoms. The van der Waals surface area contributed by atoms with Crippen LogP contribution in [0.25, 0.3) is 0 Å². The molecule has 2 heteroatoms. The molecule has 1 N–H and O–H groups in total. The van der Waals surface area contributed by atoms with Crippen LogP contribution in [0, 0.1) is 5.92 Å². The summed E-state index contributed by atoms with van der Waals surface area (Å²) in [5, 5.41) is 3.76. The van der Waals surface area contributed by atoms with Gasteiger partial charge in [0.1, 0.15) is 0 Å². The Hall–Kier alpha value is -0.0800. The molecule has 3 rings (SSSR count). The topological polar surface area (TPSA) is 15.3 Å². The van der Waals surface area contributed by atoms with Gasteiger partial charge in [0.05, 0.1) is 0 Å².